The average molecular weight is 397 g/mol. The molecule has 0 radical (unpaired) electrons. The van der Waals surface area contributed by atoms with E-state index in [1.54, 1.807) is 12.1 Å². The van der Waals surface area contributed by atoms with Crippen LogP contribution in [0.4, 0.5) is 0 Å². The van der Waals surface area contributed by atoms with Crippen LogP contribution in [0.3, 0.4) is 0 Å². The van der Waals surface area contributed by atoms with E-state index in [1.807, 2.05) is 13.0 Å². The molecule has 7 heteroatoms. The molecule has 27 heavy (non-hydrogen) atoms. The largest absolute Gasteiger partial charge is 0.496 e. The molecule has 1 saturated heterocycles. The topological polar surface area (TPSA) is 77.5 Å². The van der Waals surface area contributed by atoms with Gasteiger partial charge in [0.1, 0.15) is 23.2 Å². The predicted molar refractivity (Wildman–Crippen MR) is 101 cm³/mol. The van der Waals surface area contributed by atoms with Gasteiger partial charge in [-0.2, -0.15) is 0 Å². The number of benzene rings is 1. The molecule has 148 valence electrons. The second-order valence-electron chi connectivity index (χ2n) is 6.89. The lowest BCUT2D eigenvalue weighted by Gasteiger charge is -2.20. The number of aliphatic hydroxyl groups excluding tert-OH is 1. The fourth-order valence-electron chi connectivity index (χ4n) is 3.44. The molecule has 2 aliphatic rings. The van der Waals surface area contributed by atoms with Crippen LogP contribution in [0.15, 0.2) is 18.2 Å². The molecule has 4 atom stereocenters. The summed E-state index contributed by atoms with van der Waals surface area (Å²) < 4.78 is 21.9. The summed E-state index contributed by atoms with van der Waals surface area (Å²) in [6.07, 6.45) is 5.31. The number of hydrogen-bond acceptors (Lipinski definition) is 6. The third-order valence-electron chi connectivity index (χ3n) is 4.89. The first-order chi connectivity index (χ1) is 12.9. The number of epoxide rings is 1. The van der Waals surface area contributed by atoms with Crippen LogP contribution >= 0.6 is 11.6 Å². The number of cyclic esters (lactones) is 1. The second-order valence-corrected chi connectivity index (χ2v) is 7.27. The van der Waals surface area contributed by atoms with Gasteiger partial charge in [-0.25, -0.2) is 4.79 Å². The maximum atomic E-state index is 12.9. The number of esters is 1. The van der Waals surface area contributed by atoms with E-state index >= 15 is 0 Å². The molecule has 0 spiro atoms. The molecular weight excluding hydrogens is 372 g/mol. The zero-order chi connectivity index (χ0) is 19.6. The molecule has 6 nitrogen and oxygen atoms in total. The van der Waals surface area contributed by atoms with Crippen molar-refractivity contribution in [3.63, 3.8) is 0 Å². The number of rotatable bonds is 2. The Morgan fingerprint density at radius 2 is 1.96 bits per heavy atom. The quantitative estimate of drug-likeness (QED) is 0.469. The Labute approximate surface area is 164 Å². The first-order valence-electron chi connectivity index (χ1n) is 9.09. The Balaban J connectivity index is 2.02. The van der Waals surface area contributed by atoms with Gasteiger partial charge in [0.25, 0.3) is 0 Å². The highest BCUT2D eigenvalue weighted by Gasteiger charge is 2.39. The summed E-state index contributed by atoms with van der Waals surface area (Å²) in [5, 5.41) is 10.7. The lowest BCUT2D eigenvalue weighted by Crippen LogP contribution is -2.21. The van der Waals surface area contributed by atoms with E-state index in [0.29, 0.717) is 23.5 Å². The molecular formula is C20H25ClO6. The van der Waals surface area contributed by atoms with Crippen LogP contribution in [0.5, 0.6) is 11.5 Å². The van der Waals surface area contributed by atoms with Crippen molar-refractivity contribution in [1.29, 1.82) is 0 Å². The molecule has 1 N–H and O–H groups in total. The molecule has 0 aromatic heterocycles. The van der Waals surface area contributed by atoms with Gasteiger partial charge in [0.15, 0.2) is 0 Å². The molecule has 1 aromatic rings. The normalized spacial score (nSPS) is 29.6. The number of carbonyl (C=O) groups is 1. The minimum atomic E-state index is -0.804. The Morgan fingerprint density at radius 1 is 1.22 bits per heavy atom. The van der Waals surface area contributed by atoms with Crippen molar-refractivity contribution in [3.8, 4) is 11.5 Å². The molecule has 0 saturated carbocycles. The molecule has 2 aliphatic heterocycles. The van der Waals surface area contributed by atoms with Crippen LogP contribution in [-0.4, -0.2) is 49.7 Å². The number of aliphatic hydroxyl groups is 1. The molecule has 1 fully saturated rings. The third-order valence-corrected chi connectivity index (χ3v) is 5.30. The van der Waals surface area contributed by atoms with Crippen molar-refractivity contribution in [3.05, 3.63) is 34.4 Å². The number of methoxy groups -OCH3 is 2. The van der Waals surface area contributed by atoms with Crippen molar-refractivity contribution in [2.75, 3.05) is 14.2 Å². The molecule has 2 heterocycles. The number of carbonyl (C=O) groups excluding carboxylic acids is 1. The Morgan fingerprint density at radius 3 is 2.67 bits per heavy atom. The smallest absolute Gasteiger partial charge is 0.342 e. The van der Waals surface area contributed by atoms with Crippen LogP contribution in [-0.2, 0) is 15.9 Å². The number of allylic oxidation sites excluding steroid dienone is 1. The van der Waals surface area contributed by atoms with E-state index in [1.165, 1.54) is 14.2 Å². The lowest BCUT2D eigenvalue weighted by molar-refractivity contribution is 0.0305. The van der Waals surface area contributed by atoms with Crippen molar-refractivity contribution < 1.29 is 28.8 Å². The van der Waals surface area contributed by atoms with Crippen LogP contribution in [0, 0.1) is 0 Å². The van der Waals surface area contributed by atoms with E-state index in [-0.39, 0.29) is 35.3 Å². The van der Waals surface area contributed by atoms with Crippen molar-refractivity contribution in [2.45, 2.75) is 57.0 Å². The van der Waals surface area contributed by atoms with Crippen LogP contribution in [0.25, 0.3) is 0 Å². The van der Waals surface area contributed by atoms with Gasteiger partial charge >= 0.3 is 5.97 Å². The molecule has 1 aromatic carbocycles. The van der Waals surface area contributed by atoms with Crippen LogP contribution in [0.1, 0.15) is 42.1 Å². The summed E-state index contributed by atoms with van der Waals surface area (Å²) in [5.74, 6) is 0.135. The fraction of sp³-hybridized carbons (Fsp3) is 0.550. The van der Waals surface area contributed by atoms with Crippen LogP contribution in [0.2, 0.25) is 5.02 Å². The minimum Gasteiger partial charge on any atom is -0.496 e. The maximum absolute atomic E-state index is 12.9. The summed E-state index contributed by atoms with van der Waals surface area (Å²) in [6, 6.07) is 1.55. The van der Waals surface area contributed by atoms with Gasteiger partial charge in [-0.1, -0.05) is 23.8 Å². The number of hydrogen-bond donors (Lipinski definition) is 1. The molecule has 0 unspecified atom stereocenters. The maximum Gasteiger partial charge on any atom is 0.342 e. The number of fused-ring (bicyclic) bond motifs is 2. The van der Waals surface area contributed by atoms with Crippen molar-refractivity contribution >= 4 is 17.6 Å². The highest BCUT2D eigenvalue weighted by Crippen LogP contribution is 2.39. The van der Waals surface area contributed by atoms with E-state index < -0.39 is 12.1 Å². The molecule has 0 aliphatic carbocycles. The lowest BCUT2D eigenvalue weighted by atomic mass is 9.98. The predicted octanol–water partition coefficient (Wildman–Crippen LogP) is 3.31. The zero-order valence-corrected chi connectivity index (χ0v) is 16.5. The molecule has 0 amide bonds. The standard InChI is InChI=1S/C20H25ClO6/c1-11-8-15-14(27-15)7-5-4-6-12(22)9-13-18(20(23)26-11)16(24-2)10-17(25-3)19(13)21/h4,6,10-12,14-15,22H,5,7-9H2,1-3H3/b6-4+/t11-,12-,14+,15-/m1/s1. The Hall–Kier alpha value is -1.76. The van der Waals surface area contributed by atoms with Crippen LogP contribution < -0.4 is 9.47 Å². The molecule has 3 rings (SSSR count). The first kappa shape index (κ1) is 20.0. The van der Waals surface area contributed by atoms with Gasteiger partial charge in [-0.15, -0.1) is 0 Å². The summed E-state index contributed by atoms with van der Waals surface area (Å²) >= 11 is 6.46. The highest BCUT2D eigenvalue weighted by molar-refractivity contribution is 6.33. The van der Waals surface area contributed by atoms with Crippen molar-refractivity contribution in [1.82, 2.24) is 0 Å². The van der Waals surface area contributed by atoms with E-state index in [2.05, 4.69) is 0 Å². The zero-order valence-electron chi connectivity index (χ0n) is 15.7. The van der Waals surface area contributed by atoms with Gasteiger partial charge in [-0.3, -0.25) is 0 Å². The first-order valence-corrected chi connectivity index (χ1v) is 9.46. The third kappa shape index (κ3) is 4.57. The summed E-state index contributed by atoms with van der Waals surface area (Å²) in [5.41, 5.74) is 0.660. The number of halogens is 1. The van der Waals surface area contributed by atoms with E-state index in [0.717, 1.165) is 12.8 Å². The van der Waals surface area contributed by atoms with Gasteiger partial charge in [-0.05, 0) is 25.3 Å². The van der Waals surface area contributed by atoms with Gasteiger partial charge in [0.2, 0.25) is 0 Å². The molecule has 0 bridgehead atoms. The van der Waals surface area contributed by atoms with E-state index in [4.69, 9.17) is 30.5 Å². The monoisotopic (exact) mass is 396 g/mol. The van der Waals surface area contributed by atoms with Crippen molar-refractivity contribution in [2.24, 2.45) is 0 Å². The highest BCUT2D eigenvalue weighted by atomic mass is 35.5. The van der Waals surface area contributed by atoms with Gasteiger partial charge in [0, 0.05) is 18.9 Å². The summed E-state index contributed by atoms with van der Waals surface area (Å²) in [6.45, 7) is 1.84. The SMILES string of the molecule is COc1cc(OC)c2c(c1Cl)C[C@H](O)/C=C/CC[C@@H]1O[C@@H]1C[C@@H](C)OC2=O. The average Bonchev–Trinajstić information content (AvgIpc) is 3.36. The minimum absolute atomic E-state index is 0.106. The fourth-order valence-corrected chi connectivity index (χ4v) is 3.74. The summed E-state index contributed by atoms with van der Waals surface area (Å²) in [4.78, 5) is 12.9. The second kappa shape index (κ2) is 8.50. The van der Waals surface area contributed by atoms with Gasteiger partial charge in [0.05, 0.1) is 37.6 Å². The van der Waals surface area contributed by atoms with E-state index in [9.17, 15) is 9.90 Å². The summed E-state index contributed by atoms with van der Waals surface area (Å²) in [7, 11) is 2.95. The number of ether oxygens (including phenoxy) is 4. The van der Waals surface area contributed by atoms with Gasteiger partial charge < -0.3 is 24.1 Å². The Kier molecular flexibility index (Phi) is 6.29. The Bertz CT molecular complexity index is 732.